The van der Waals surface area contributed by atoms with Crippen molar-refractivity contribution in [2.45, 2.75) is 25.3 Å². The second-order valence-electron chi connectivity index (χ2n) is 6.15. The molecule has 1 fully saturated rings. The molecule has 3 rings (SSSR count). The summed E-state index contributed by atoms with van der Waals surface area (Å²) in [6, 6.07) is 18.4. The second-order valence-corrected chi connectivity index (χ2v) is 6.15. The molecule has 1 amide bonds. The van der Waals surface area contributed by atoms with Gasteiger partial charge in [-0.2, -0.15) is 0 Å². The minimum atomic E-state index is 0.0673. The van der Waals surface area contributed by atoms with Crippen LogP contribution in [0.2, 0.25) is 0 Å². The number of ether oxygens (including phenoxy) is 1. The molecule has 0 radical (unpaired) electrons. The summed E-state index contributed by atoms with van der Waals surface area (Å²) in [4.78, 5) is 14.7. The van der Waals surface area contributed by atoms with Crippen LogP contribution in [0.25, 0.3) is 0 Å². The predicted octanol–water partition coefficient (Wildman–Crippen LogP) is 3.02. The Balaban J connectivity index is 1.50. The van der Waals surface area contributed by atoms with Gasteiger partial charge in [0.1, 0.15) is 5.75 Å². The lowest BCUT2D eigenvalue weighted by Crippen LogP contribution is -2.45. The van der Waals surface area contributed by atoms with Crippen molar-refractivity contribution in [1.82, 2.24) is 5.32 Å². The lowest BCUT2D eigenvalue weighted by Gasteiger charge is -2.34. The molecule has 0 atom stereocenters. The Morgan fingerprint density at radius 1 is 1.08 bits per heavy atom. The van der Waals surface area contributed by atoms with Crippen LogP contribution in [-0.2, 0) is 11.2 Å². The van der Waals surface area contributed by atoms with Crippen LogP contribution in [0.1, 0.15) is 18.4 Å². The highest BCUT2D eigenvalue weighted by Crippen LogP contribution is 2.20. The van der Waals surface area contributed by atoms with Gasteiger partial charge in [0.15, 0.2) is 0 Å². The van der Waals surface area contributed by atoms with E-state index in [0.717, 1.165) is 37.2 Å². The zero-order valence-corrected chi connectivity index (χ0v) is 14.1. The van der Waals surface area contributed by atoms with Gasteiger partial charge in [0.25, 0.3) is 0 Å². The SMILES string of the molecule is COc1ccccc1CC(=O)NC1CCN(c2ccccc2)CC1. The quantitative estimate of drug-likeness (QED) is 0.919. The Kier molecular flexibility index (Phi) is 5.36. The van der Waals surface area contributed by atoms with E-state index in [1.807, 2.05) is 30.3 Å². The highest BCUT2D eigenvalue weighted by atomic mass is 16.5. The molecule has 0 unspecified atom stereocenters. The van der Waals surface area contributed by atoms with Crippen LogP contribution in [0.4, 0.5) is 5.69 Å². The van der Waals surface area contributed by atoms with Gasteiger partial charge in [0, 0.05) is 30.4 Å². The Morgan fingerprint density at radius 3 is 2.46 bits per heavy atom. The zero-order chi connectivity index (χ0) is 16.8. The van der Waals surface area contributed by atoms with E-state index < -0.39 is 0 Å². The largest absolute Gasteiger partial charge is 0.496 e. The first-order valence-electron chi connectivity index (χ1n) is 8.47. The summed E-state index contributed by atoms with van der Waals surface area (Å²) in [5.41, 5.74) is 2.19. The number of nitrogens with zero attached hydrogens (tertiary/aromatic N) is 1. The van der Waals surface area contributed by atoms with E-state index in [4.69, 9.17) is 4.74 Å². The molecule has 0 bridgehead atoms. The summed E-state index contributed by atoms with van der Waals surface area (Å²) < 4.78 is 5.31. The van der Waals surface area contributed by atoms with Gasteiger partial charge in [0.05, 0.1) is 13.5 Å². The number of hydrogen-bond donors (Lipinski definition) is 1. The number of para-hydroxylation sites is 2. The number of nitrogens with one attached hydrogen (secondary N) is 1. The highest BCUT2D eigenvalue weighted by Gasteiger charge is 2.21. The molecule has 0 aromatic heterocycles. The molecule has 4 heteroatoms. The van der Waals surface area contributed by atoms with E-state index in [9.17, 15) is 4.79 Å². The molecule has 2 aromatic carbocycles. The molecule has 1 N–H and O–H groups in total. The second kappa shape index (κ2) is 7.86. The van der Waals surface area contributed by atoms with E-state index in [2.05, 4.69) is 34.5 Å². The minimum absolute atomic E-state index is 0.0673. The van der Waals surface area contributed by atoms with Crippen molar-refractivity contribution in [2.75, 3.05) is 25.1 Å². The van der Waals surface area contributed by atoms with E-state index >= 15 is 0 Å². The standard InChI is InChI=1S/C20H24N2O2/c1-24-19-10-6-5-7-16(19)15-20(23)21-17-11-13-22(14-12-17)18-8-3-2-4-9-18/h2-10,17H,11-15H2,1H3,(H,21,23). The van der Waals surface area contributed by atoms with Crippen LogP contribution in [0.3, 0.4) is 0 Å². The van der Waals surface area contributed by atoms with Gasteiger partial charge >= 0.3 is 0 Å². The summed E-state index contributed by atoms with van der Waals surface area (Å²) in [5.74, 6) is 0.837. The first-order valence-corrected chi connectivity index (χ1v) is 8.47. The number of carbonyl (C=O) groups is 1. The van der Waals surface area contributed by atoms with Crippen LogP contribution in [0, 0.1) is 0 Å². The summed E-state index contributed by atoms with van der Waals surface area (Å²) in [7, 11) is 1.63. The minimum Gasteiger partial charge on any atom is -0.496 e. The van der Waals surface area contributed by atoms with Gasteiger partial charge < -0.3 is 15.0 Å². The first-order chi connectivity index (χ1) is 11.8. The maximum Gasteiger partial charge on any atom is 0.224 e. The Labute approximate surface area is 143 Å². The number of methoxy groups -OCH3 is 1. The average Bonchev–Trinajstić information content (AvgIpc) is 2.63. The fourth-order valence-corrected chi connectivity index (χ4v) is 3.22. The Hall–Kier alpha value is -2.49. The summed E-state index contributed by atoms with van der Waals surface area (Å²) >= 11 is 0. The van der Waals surface area contributed by atoms with E-state index in [1.54, 1.807) is 7.11 Å². The van der Waals surface area contributed by atoms with Crippen molar-refractivity contribution < 1.29 is 9.53 Å². The van der Waals surface area contributed by atoms with Crippen LogP contribution in [-0.4, -0.2) is 32.1 Å². The molecule has 24 heavy (non-hydrogen) atoms. The molecule has 1 saturated heterocycles. The van der Waals surface area contributed by atoms with Crippen molar-refractivity contribution in [3.05, 3.63) is 60.2 Å². The first kappa shape index (κ1) is 16.4. The number of hydrogen-bond acceptors (Lipinski definition) is 3. The lowest BCUT2D eigenvalue weighted by atomic mass is 10.0. The van der Waals surface area contributed by atoms with Gasteiger partial charge in [-0.15, -0.1) is 0 Å². The van der Waals surface area contributed by atoms with Gasteiger partial charge in [-0.25, -0.2) is 0 Å². The molecule has 2 aromatic rings. The molecule has 1 aliphatic heterocycles. The van der Waals surface area contributed by atoms with Gasteiger partial charge in [-0.05, 0) is 31.0 Å². The van der Waals surface area contributed by atoms with Crippen LogP contribution >= 0.6 is 0 Å². The van der Waals surface area contributed by atoms with Gasteiger partial charge in [-0.1, -0.05) is 36.4 Å². The van der Waals surface area contributed by atoms with E-state index in [0.29, 0.717) is 6.42 Å². The monoisotopic (exact) mass is 324 g/mol. The average molecular weight is 324 g/mol. The third kappa shape index (κ3) is 4.07. The molecule has 4 nitrogen and oxygen atoms in total. The maximum atomic E-state index is 12.3. The van der Waals surface area contributed by atoms with Crippen molar-refractivity contribution in [2.24, 2.45) is 0 Å². The smallest absolute Gasteiger partial charge is 0.224 e. The van der Waals surface area contributed by atoms with Crippen LogP contribution < -0.4 is 15.0 Å². The fourth-order valence-electron chi connectivity index (χ4n) is 3.22. The normalized spacial score (nSPS) is 15.1. The molecule has 0 spiro atoms. The molecule has 126 valence electrons. The van der Waals surface area contributed by atoms with Crippen molar-refractivity contribution in [1.29, 1.82) is 0 Å². The van der Waals surface area contributed by atoms with Crippen molar-refractivity contribution >= 4 is 11.6 Å². The topological polar surface area (TPSA) is 41.6 Å². The third-order valence-electron chi connectivity index (χ3n) is 4.52. The molecule has 0 saturated carbocycles. The Bertz CT molecular complexity index is 664. The maximum absolute atomic E-state index is 12.3. The third-order valence-corrected chi connectivity index (χ3v) is 4.52. The Morgan fingerprint density at radius 2 is 1.75 bits per heavy atom. The summed E-state index contributed by atoms with van der Waals surface area (Å²) in [5, 5.41) is 3.17. The number of piperidine rings is 1. The molecule has 0 aliphatic carbocycles. The van der Waals surface area contributed by atoms with E-state index in [-0.39, 0.29) is 11.9 Å². The number of rotatable bonds is 5. The van der Waals surface area contributed by atoms with Gasteiger partial charge in [-0.3, -0.25) is 4.79 Å². The molecule has 1 aliphatic rings. The number of amides is 1. The lowest BCUT2D eigenvalue weighted by molar-refractivity contribution is -0.121. The van der Waals surface area contributed by atoms with Crippen molar-refractivity contribution in [3.63, 3.8) is 0 Å². The number of anilines is 1. The highest BCUT2D eigenvalue weighted by molar-refractivity contribution is 5.79. The molecule has 1 heterocycles. The molecular formula is C20H24N2O2. The predicted molar refractivity (Wildman–Crippen MR) is 96.5 cm³/mol. The number of carbonyl (C=O) groups excluding carboxylic acids is 1. The fraction of sp³-hybridized carbons (Fsp3) is 0.350. The van der Waals surface area contributed by atoms with Gasteiger partial charge in [0.2, 0.25) is 5.91 Å². The summed E-state index contributed by atoms with van der Waals surface area (Å²) in [6.45, 7) is 1.95. The summed E-state index contributed by atoms with van der Waals surface area (Å²) in [6.07, 6.45) is 2.32. The molecular weight excluding hydrogens is 300 g/mol. The van der Waals surface area contributed by atoms with Crippen molar-refractivity contribution in [3.8, 4) is 5.75 Å². The van der Waals surface area contributed by atoms with Crippen LogP contribution in [0.5, 0.6) is 5.75 Å². The van der Waals surface area contributed by atoms with E-state index in [1.165, 1.54) is 5.69 Å². The number of benzene rings is 2. The van der Waals surface area contributed by atoms with Crippen LogP contribution in [0.15, 0.2) is 54.6 Å². The zero-order valence-electron chi connectivity index (χ0n) is 14.1.